The molecule has 0 radical (unpaired) electrons. The van der Waals surface area contributed by atoms with E-state index < -0.39 is 11.6 Å². The molecule has 0 saturated heterocycles. The molecule has 7 nitrogen and oxygen atoms in total. The number of aliphatic carboxylic acids is 1. The molecule has 0 bridgehead atoms. The van der Waals surface area contributed by atoms with Gasteiger partial charge in [0.25, 0.3) is 0 Å². The van der Waals surface area contributed by atoms with Crippen molar-refractivity contribution in [2.75, 3.05) is 25.0 Å². The topological polar surface area (TPSA) is 88.1 Å². The minimum Gasteiger partial charge on any atom is -0.494 e. The van der Waals surface area contributed by atoms with E-state index in [1.54, 1.807) is 19.1 Å². The zero-order chi connectivity index (χ0) is 28.8. The number of carboxylic acids is 1. The number of carboxylic acid groups (broad SMARTS) is 1. The molecule has 0 fully saturated rings. The predicted molar refractivity (Wildman–Crippen MR) is 159 cm³/mol. The van der Waals surface area contributed by atoms with Crippen LogP contribution >= 0.6 is 0 Å². The summed E-state index contributed by atoms with van der Waals surface area (Å²) < 4.78 is 11.7. The van der Waals surface area contributed by atoms with Gasteiger partial charge in [-0.05, 0) is 80.1 Å². The van der Waals surface area contributed by atoms with Gasteiger partial charge in [0.15, 0.2) is 0 Å². The first-order valence-corrected chi connectivity index (χ1v) is 14.2. The van der Waals surface area contributed by atoms with Gasteiger partial charge in [0.1, 0.15) is 11.5 Å². The van der Waals surface area contributed by atoms with Crippen LogP contribution in [0.1, 0.15) is 57.6 Å². The van der Waals surface area contributed by atoms with Crippen molar-refractivity contribution in [2.24, 2.45) is 0 Å². The lowest BCUT2D eigenvalue weighted by Crippen LogP contribution is -2.43. The smallest absolute Gasteiger partial charge is 0.348 e. The number of aryl methyl sites for hydroxylation is 1. The van der Waals surface area contributed by atoms with Crippen LogP contribution in [-0.4, -0.2) is 47.3 Å². The Hall–Kier alpha value is -4.00. The fourth-order valence-corrected chi connectivity index (χ4v) is 4.37. The van der Waals surface area contributed by atoms with E-state index in [0.717, 1.165) is 36.9 Å². The Bertz CT molecular complexity index is 1180. The molecule has 0 saturated carbocycles. The highest BCUT2D eigenvalue weighted by atomic mass is 16.5. The SMILES string of the molecule is CCCCc1ccc(NC(=O)N(CCC)CCCOc2ccc(CC(C)(Oc3ccccc3)C(=O)O)cc2)cc1. The summed E-state index contributed by atoms with van der Waals surface area (Å²) in [5, 5.41) is 12.8. The Morgan fingerprint density at radius 3 is 2.12 bits per heavy atom. The summed E-state index contributed by atoms with van der Waals surface area (Å²) in [5.41, 5.74) is 1.52. The van der Waals surface area contributed by atoms with Gasteiger partial charge in [-0.15, -0.1) is 0 Å². The van der Waals surface area contributed by atoms with E-state index >= 15 is 0 Å². The second kappa shape index (κ2) is 15.6. The van der Waals surface area contributed by atoms with Crippen molar-refractivity contribution in [3.05, 3.63) is 90.0 Å². The molecule has 3 aromatic carbocycles. The molecule has 2 amide bonds. The Morgan fingerprint density at radius 2 is 1.50 bits per heavy atom. The third-order valence-electron chi connectivity index (χ3n) is 6.65. The maximum Gasteiger partial charge on any atom is 0.348 e. The number of hydrogen-bond donors (Lipinski definition) is 2. The van der Waals surface area contributed by atoms with Crippen LogP contribution in [-0.2, 0) is 17.6 Å². The Kier molecular flexibility index (Phi) is 11.9. The first-order valence-electron chi connectivity index (χ1n) is 14.2. The fourth-order valence-electron chi connectivity index (χ4n) is 4.37. The number of anilines is 1. The number of urea groups is 1. The molecular formula is C33H42N2O5. The second-order valence-corrected chi connectivity index (χ2v) is 10.2. The minimum absolute atomic E-state index is 0.105. The van der Waals surface area contributed by atoms with Crippen molar-refractivity contribution >= 4 is 17.7 Å². The zero-order valence-electron chi connectivity index (χ0n) is 23.9. The Morgan fingerprint density at radius 1 is 0.825 bits per heavy atom. The summed E-state index contributed by atoms with van der Waals surface area (Å²) in [6, 6.07) is 24.3. The summed E-state index contributed by atoms with van der Waals surface area (Å²) in [4.78, 5) is 26.7. The largest absolute Gasteiger partial charge is 0.494 e. The molecule has 2 N–H and O–H groups in total. The Labute approximate surface area is 238 Å². The summed E-state index contributed by atoms with van der Waals surface area (Å²) >= 11 is 0. The number of rotatable bonds is 16. The number of para-hydroxylation sites is 1. The van der Waals surface area contributed by atoms with E-state index in [-0.39, 0.29) is 12.5 Å². The standard InChI is InChI=1S/C33H42N2O5/c1-4-6-11-26-14-18-28(19-15-26)34-32(38)35(22-5-2)23-10-24-39-29-20-16-27(17-21-29)25-33(3,31(36)37)40-30-12-8-7-9-13-30/h7-9,12-21H,4-6,10-11,22-25H2,1-3H3,(H,34,38)(H,36,37). The van der Waals surface area contributed by atoms with Gasteiger partial charge < -0.3 is 24.8 Å². The van der Waals surface area contributed by atoms with Crippen LogP contribution in [0.25, 0.3) is 0 Å². The van der Waals surface area contributed by atoms with Crippen LogP contribution in [0.5, 0.6) is 11.5 Å². The van der Waals surface area contributed by atoms with Crippen molar-refractivity contribution in [1.29, 1.82) is 0 Å². The van der Waals surface area contributed by atoms with E-state index in [9.17, 15) is 14.7 Å². The lowest BCUT2D eigenvalue weighted by Gasteiger charge is -2.26. The number of ether oxygens (including phenoxy) is 2. The molecule has 0 aliphatic carbocycles. The number of amides is 2. The molecule has 1 unspecified atom stereocenters. The third-order valence-corrected chi connectivity index (χ3v) is 6.65. The van der Waals surface area contributed by atoms with Crippen LogP contribution in [0, 0.1) is 0 Å². The molecule has 0 aliphatic rings. The van der Waals surface area contributed by atoms with Crippen LogP contribution in [0.15, 0.2) is 78.9 Å². The number of unbranched alkanes of at least 4 members (excludes halogenated alkanes) is 1. The second-order valence-electron chi connectivity index (χ2n) is 10.2. The summed E-state index contributed by atoms with van der Waals surface area (Å²) in [7, 11) is 0. The molecule has 3 rings (SSSR count). The van der Waals surface area contributed by atoms with Crippen molar-refractivity contribution in [2.45, 2.75) is 64.9 Å². The van der Waals surface area contributed by atoms with Crippen molar-refractivity contribution < 1.29 is 24.2 Å². The summed E-state index contributed by atoms with van der Waals surface area (Å²) in [6.07, 6.45) is 5.15. The van der Waals surface area contributed by atoms with Crippen molar-refractivity contribution in [1.82, 2.24) is 4.90 Å². The van der Waals surface area contributed by atoms with Gasteiger partial charge in [-0.3, -0.25) is 0 Å². The van der Waals surface area contributed by atoms with Gasteiger partial charge >= 0.3 is 12.0 Å². The number of carbonyl (C=O) groups excluding carboxylic acids is 1. The van der Waals surface area contributed by atoms with Gasteiger partial charge in [-0.2, -0.15) is 0 Å². The van der Waals surface area contributed by atoms with E-state index in [2.05, 4.69) is 31.3 Å². The highest BCUT2D eigenvalue weighted by molar-refractivity contribution is 5.89. The molecule has 40 heavy (non-hydrogen) atoms. The van der Waals surface area contributed by atoms with Crippen LogP contribution in [0.2, 0.25) is 0 Å². The predicted octanol–water partition coefficient (Wildman–Crippen LogP) is 7.21. The molecule has 7 heteroatoms. The lowest BCUT2D eigenvalue weighted by atomic mass is 9.96. The maximum atomic E-state index is 12.9. The summed E-state index contributed by atoms with van der Waals surface area (Å²) in [6.45, 7) is 7.53. The molecular weight excluding hydrogens is 504 g/mol. The number of nitrogens with one attached hydrogen (secondary N) is 1. The highest BCUT2D eigenvalue weighted by Gasteiger charge is 2.36. The fraction of sp³-hybridized carbons (Fsp3) is 0.394. The number of benzene rings is 3. The molecule has 0 spiro atoms. The van der Waals surface area contributed by atoms with Crippen LogP contribution < -0.4 is 14.8 Å². The van der Waals surface area contributed by atoms with Gasteiger partial charge in [0.05, 0.1) is 6.61 Å². The minimum atomic E-state index is -1.40. The van der Waals surface area contributed by atoms with E-state index in [4.69, 9.17) is 9.47 Å². The van der Waals surface area contributed by atoms with Gasteiger partial charge in [0.2, 0.25) is 5.60 Å². The lowest BCUT2D eigenvalue weighted by molar-refractivity contribution is -0.153. The average Bonchev–Trinajstić information content (AvgIpc) is 2.95. The van der Waals surface area contributed by atoms with E-state index in [1.165, 1.54) is 5.56 Å². The van der Waals surface area contributed by atoms with Gasteiger partial charge in [-0.25, -0.2) is 9.59 Å². The zero-order valence-corrected chi connectivity index (χ0v) is 23.9. The highest BCUT2D eigenvalue weighted by Crippen LogP contribution is 2.24. The van der Waals surface area contributed by atoms with Crippen molar-refractivity contribution in [3.63, 3.8) is 0 Å². The molecule has 214 valence electrons. The number of hydrogen-bond acceptors (Lipinski definition) is 4. The Balaban J connectivity index is 1.47. The van der Waals surface area contributed by atoms with E-state index in [0.29, 0.717) is 37.6 Å². The van der Waals surface area contributed by atoms with Gasteiger partial charge in [-0.1, -0.05) is 62.7 Å². The average molecular weight is 547 g/mol. The molecule has 0 aromatic heterocycles. The first kappa shape index (κ1) is 30.5. The number of carbonyl (C=O) groups is 2. The van der Waals surface area contributed by atoms with E-state index in [1.807, 2.05) is 59.5 Å². The molecule has 0 aliphatic heterocycles. The monoisotopic (exact) mass is 546 g/mol. The normalized spacial score (nSPS) is 12.3. The molecule has 3 aromatic rings. The van der Waals surface area contributed by atoms with Crippen LogP contribution in [0.3, 0.4) is 0 Å². The quantitative estimate of drug-likeness (QED) is 0.185. The molecule has 1 atom stereocenters. The summed E-state index contributed by atoms with van der Waals surface area (Å²) in [5.74, 6) is 0.180. The molecule has 0 heterocycles. The van der Waals surface area contributed by atoms with Crippen molar-refractivity contribution in [3.8, 4) is 11.5 Å². The number of nitrogens with zero attached hydrogens (tertiary/aromatic N) is 1. The maximum absolute atomic E-state index is 12.9. The van der Waals surface area contributed by atoms with Gasteiger partial charge in [0, 0.05) is 25.2 Å². The third kappa shape index (κ3) is 9.63. The van der Waals surface area contributed by atoms with Crippen LogP contribution in [0.4, 0.5) is 10.5 Å². The first-order chi connectivity index (χ1) is 19.3.